The third-order valence-corrected chi connectivity index (χ3v) is 3.16. The van der Waals surface area contributed by atoms with Crippen LogP contribution in [0.15, 0.2) is 30.5 Å². The molecule has 0 aliphatic carbocycles. The predicted molar refractivity (Wildman–Crippen MR) is 78.0 cm³/mol. The fourth-order valence-corrected chi connectivity index (χ4v) is 2.14. The zero-order valence-electron chi connectivity index (χ0n) is 11.7. The van der Waals surface area contributed by atoms with E-state index < -0.39 is 0 Å². The van der Waals surface area contributed by atoms with Gasteiger partial charge in [-0.2, -0.15) is 0 Å². The molecule has 2 aromatic rings. The van der Waals surface area contributed by atoms with Gasteiger partial charge in [-0.05, 0) is 11.6 Å². The van der Waals surface area contributed by atoms with Gasteiger partial charge < -0.3 is 15.2 Å². The molecule has 1 heterocycles. The van der Waals surface area contributed by atoms with E-state index in [9.17, 15) is 4.79 Å². The van der Waals surface area contributed by atoms with E-state index in [4.69, 9.17) is 0 Å². The van der Waals surface area contributed by atoms with E-state index in [2.05, 4.69) is 42.8 Å². The van der Waals surface area contributed by atoms with Crippen molar-refractivity contribution in [2.75, 3.05) is 7.05 Å². The van der Waals surface area contributed by atoms with Crippen molar-refractivity contribution in [2.45, 2.75) is 33.0 Å². The highest BCUT2D eigenvalue weighted by Crippen LogP contribution is 2.21. The molecule has 0 aliphatic rings. The number of nitrogens with zero attached hydrogens (tertiary/aromatic N) is 1. The molecular weight excluding hydrogens is 238 g/mol. The molecule has 0 radical (unpaired) electrons. The Morgan fingerprint density at radius 2 is 2.05 bits per heavy atom. The van der Waals surface area contributed by atoms with Gasteiger partial charge in [-0.1, -0.05) is 32.0 Å². The van der Waals surface area contributed by atoms with Gasteiger partial charge in [0, 0.05) is 36.7 Å². The predicted octanol–water partition coefficient (Wildman–Crippen LogP) is 1.89. The first-order valence-electron chi connectivity index (χ1n) is 6.62. The van der Waals surface area contributed by atoms with Gasteiger partial charge in [-0.3, -0.25) is 4.79 Å². The van der Waals surface area contributed by atoms with E-state index in [1.807, 2.05) is 16.7 Å². The quantitative estimate of drug-likeness (QED) is 0.861. The number of benzene rings is 1. The van der Waals surface area contributed by atoms with Crippen molar-refractivity contribution >= 4 is 16.8 Å². The van der Waals surface area contributed by atoms with Crippen molar-refractivity contribution in [1.29, 1.82) is 0 Å². The van der Waals surface area contributed by atoms with E-state index in [0.29, 0.717) is 12.6 Å². The first-order chi connectivity index (χ1) is 9.11. The van der Waals surface area contributed by atoms with E-state index in [1.165, 1.54) is 10.9 Å². The number of amides is 1. The number of hydrogen-bond acceptors (Lipinski definition) is 2. The minimum absolute atomic E-state index is 0.0177. The van der Waals surface area contributed by atoms with Crippen molar-refractivity contribution in [3.05, 3.63) is 36.0 Å². The second-order valence-electron chi connectivity index (χ2n) is 5.01. The molecule has 2 N–H and O–H groups in total. The van der Waals surface area contributed by atoms with Crippen LogP contribution >= 0.6 is 0 Å². The average Bonchev–Trinajstić information content (AvgIpc) is 2.75. The topological polar surface area (TPSA) is 46.1 Å². The van der Waals surface area contributed by atoms with E-state index in [0.717, 1.165) is 12.1 Å². The Hall–Kier alpha value is -1.81. The van der Waals surface area contributed by atoms with E-state index >= 15 is 0 Å². The van der Waals surface area contributed by atoms with E-state index in [-0.39, 0.29) is 5.91 Å². The van der Waals surface area contributed by atoms with Gasteiger partial charge in [0.25, 0.3) is 0 Å². The maximum atomic E-state index is 11.6. The van der Waals surface area contributed by atoms with Crippen molar-refractivity contribution in [3.8, 4) is 0 Å². The number of hydrogen-bond donors (Lipinski definition) is 2. The third kappa shape index (κ3) is 3.15. The molecule has 0 saturated carbocycles. The summed E-state index contributed by atoms with van der Waals surface area (Å²) in [5, 5.41) is 7.29. The molecule has 0 spiro atoms. The lowest BCUT2D eigenvalue weighted by atomic mass is 10.2. The van der Waals surface area contributed by atoms with Crippen LogP contribution in [0.2, 0.25) is 0 Å². The molecule has 4 heteroatoms. The summed E-state index contributed by atoms with van der Waals surface area (Å²) in [4.78, 5) is 11.6. The molecule has 0 unspecified atom stereocenters. The highest BCUT2D eigenvalue weighted by atomic mass is 16.1. The van der Waals surface area contributed by atoms with Crippen molar-refractivity contribution in [1.82, 2.24) is 15.2 Å². The lowest BCUT2D eigenvalue weighted by molar-refractivity contribution is -0.121. The molecule has 2 rings (SSSR count). The SMILES string of the molecule is CNC(=O)Cn1cc(CNC(C)C)c2ccccc21. The molecule has 0 bridgehead atoms. The molecule has 19 heavy (non-hydrogen) atoms. The van der Waals surface area contributed by atoms with Crippen LogP contribution < -0.4 is 10.6 Å². The number of carbonyl (C=O) groups is 1. The number of fused-ring (bicyclic) bond motifs is 1. The van der Waals surface area contributed by atoms with Gasteiger partial charge >= 0.3 is 0 Å². The van der Waals surface area contributed by atoms with Crippen LogP contribution in [0.3, 0.4) is 0 Å². The minimum atomic E-state index is 0.0177. The summed E-state index contributed by atoms with van der Waals surface area (Å²) in [7, 11) is 1.66. The van der Waals surface area contributed by atoms with Gasteiger partial charge in [0.1, 0.15) is 6.54 Å². The van der Waals surface area contributed by atoms with Crippen molar-refractivity contribution in [2.24, 2.45) is 0 Å². The number of nitrogens with one attached hydrogen (secondary N) is 2. The number of rotatable bonds is 5. The minimum Gasteiger partial charge on any atom is -0.358 e. The number of likely N-dealkylation sites (N-methyl/N-ethyl adjacent to an activating group) is 1. The zero-order valence-corrected chi connectivity index (χ0v) is 11.7. The van der Waals surface area contributed by atoms with Crippen LogP contribution in [0.1, 0.15) is 19.4 Å². The van der Waals surface area contributed by atoms with Crippen LogP contribution in [-0.4, -0.2) is 23.6 Å². The molecule has 0 saturated heterocycles. The van der Waals surface area contributed by atoms with Crippen molar-refractivity contribution < 1.29 is 4.79 Å². The Balaban J connectivity index is 2.33. The Morgan fingerprint density at radius 3 is 2.74 bits per heavy atom. The summed E-state index contributed by atoms with van der Waals surface area (Å²) in [5.74, 6) is 0.0177. The van der Waals surface area contributed by atoms with Crippen LogP contribution in [0.5, 0.6) is 0 Å². The van der Waals surface area contributed by atoms with Crippen LogP contribution in [0.25, 0.3) is 10.9 Å². The van der Waals surface area contributed by atoms with Crippen LogP contribution in [0.4, 0.5) is 0 Å². The molecule has 4 nitrogen and oxygen atoms in total. The maximum Gasteiger partial charge on any atom is 0.239 e. The molecular formula is C15H21N3O. The number of carbonyl (C=O) groups excluding carboxylic acids is 1. The van der Waals surface area contributed by atoms with Gasteiger partial charge in [0.15, 0.2) is 0 Å². The highest BCUT2D eigenvalue weighted by molar-refractivity contribution is 5.86. The Kier molecular flexibility index (Phi) is 4.22. The fourth-order valence-electron chi connectivity index (χ4n) is 2.14. The largest absolute Gasteiger partial charge is 0.358 e. The summed E-state index contributed by atoms with van der Waals surface area (Å²) in [6.07, 6.45) is 2.06. The number of aromatic nitrogens is 1. The molecule has 1 aromatic carbocycles. The Bertz CT molecular complexity index is 572. The van der Waals surface area contributed by atoms with E-state index in [1.54, 1.807) is 7.05 Å². The summed E-state index contributed by atoms with van der Waals surface area (Å²) in [5.41, 5.74) is 2.33. The Labute approximate surface area is 113 Å². The summed E-state index contributed by atoms with van der Waals surface area (Å²) in [6, 6.07) is 8.64. The normalized spacial score (nSPS) is 11.2. The third-order valence-electron chi connectivity index (χ3n) is 3.16. The summed E-state index contributed by atoms with van der Waals surface area (Å²) >= 11 is 0. The summed E-state index contributed by atoms with van der Waals surface area (Å²) < 4.78 is 2.01. The molecule has 1 aromatic heterocycles. The first-order valence-corrected chi connectivity index (χ1v) is 6.62. The van der Waals surface area contributed by atoms with Gasteiger partial charge in [-0.15, -0.1) is 0 Å². The molecule has 0 fully saturated rings. The Morgan fingerprint density at radius 1 is 1.32 bits per heavy atom. The van der Waals surface area contributed by atoms with Crippen LogP contribution in [-0.2, 0) is 17.9 Å². The zero-order chi connectivity index (χ0) is 13.8. The van der Waals surface area contributed by atoms with Crippen LogP contribution in [0, 0.1) is 0 Å². The number of para-hydroxylation sites is 1. The van der Waals surface area contributed by atoms with Gasteiger partial charge in [-0.25, -0.2) is 0 Å². The molecule has 0 aliphatic heterocycles. The standard InChI is InChI=1S/C15H21N3O/c1-11(2)17-8-12-9-18(10-15(19)16-3)14-7-5-4-6-13(12)14/h4-7,9,11,17H,8,10H2,1-3H3,(H,16,19). The second-order valence-corrected chi connectivity index (χ2v) is 5.01. The lowest BCUT2D eigenvalue weighted by Gasteiger charge is -2.06. The molecule has 102 valence electrons. The maximum absolute atomic E-state index is 11.6. The molecule has 0 atom stereocenters. The van der Waals surface area contributed by atoms with Crippen molar-refractivity contribution in [3.63, 3.8) is 0 Å². The second kappa shape index (κ2) is 5.89. The van der Waals surface area contributed by atoms with Gasteiger partial charge in [0.05, 0.1) is 0 Å². The monoisotopic (exact) mass is 259 g/mol. The first kappa shape index (κ1) is 13.6. The van der Waals surface area contributed by atoms with Gasteiger partial charge in [0.2, 0.25) is 5.91 Å². The lowest BCUT2D eigenvalue weighted by Crippen LogP contribution is -2.23. The fraction of sp³-hybridized carbons (Fsp3) is 0.400. The highest BCUT2D eigenvalue weighted by Gasteiger charge is 2.10. The smallest absolute Gasteiger partial charge is 0.239 e. The summed E-state index contributed by atoms with van der Waals surface area (Å²) in [6.45, 7) is 5.44. The molecule has 1 amide bonds. The average molecular weight is 259 g/mol.